The summed E-state index contributed by atoms with van der Waals surface area (Å²) in [6, 6.07) is 11.4. The first kappa shape index (κ1) is 23.7. The van der Waals surface area contributed by atoms with Crippen LogP contribution >= 0.6 is 0 Å². The van der Waals surface area contributed by atoms with Crippen LogP contribution in [0.3, 0.4) is 0 Å². The number of methoxy groups -OCH3 is 1. The minimum atomic E-state index is -3.63. The zero-order valence-corrected chi connectivity index (χ0v) is 18.6. The Balaban J connectivity index is 1.42. The lowest BCUT2D eigenvalue weighted by atomic mass is 10.2. The van der Waals surface area contributed by atoms with Gasteiger partial charge < -0.3 is 15.0 Å². The van der Waals surface area contributed by atoms with Crippen molar-refractivity contribution in [2.24, 2.45) is 0 Å². The minimum Gasteiger partial charge on any atom is -0.497 e. The molecule has 1 fully saturated rings. The Bertz CT molecular complexity index is 1030. The average molecular weight is 464 g/mol. The molecule has 0 aromatic heterocycles. The van der Waals surface area contributed by atoms with Crippen molar-refractivity contribution in [3.8, 4) is 5.75 Å². The SMILES string of the molecule is COc1ccc(S(=O)(=O)N2CCN(C(=O)CCCNC(=O)c3ccc(F)cc3)CC2)cc1. The van der Waals surface area contributed by atoms with Gasteiger partial charge in [0.1, 0.15) is 11.6 Å². The van der Waals surface area contributed by atoms with Crippen LogP contribution in [-0.2, 0) is 14.8 Å². The number of halogens is 1. The summed E-state index contributed by atoms with van der Waals surface area (Å²) >= 11 is 0. The third kappa shape index (κ3) is 5.83. The molecule has 0 bridgehead atoms. The van der Waals surface area contributed by atoms with Crippen molar-refractivity contribution in [1.29, 1.82) is 0 Å². The Kier molecular flexibility index (Phi) is 7.81. The number of nitrogens with zero attached hydrogens (tertiary/aromatic N) is 2. The number of ether oxygens (including phenoxy) is 1. The van der Waals surface area contributed by atoms with Gasteiger partial charge in [-0.25, -0.2) is 12.8 Å². The highest BCUT2D eigenvalue weighted by atomic mass is 32.2. The van der Waals surface area contributed by atoms with Crippen LogP contribution in [0.4, 0.5) is 4.39 Å². The first-order chi connectivity index (χ1) is 15.3. The van der Waals surface area contributed by atoms with Crippen LogP contribution in [0.5, 0.6) is 5.75 Å². The van der Waals surface area contributed by atoms with Crippen molar-refractivity contribution in [2.45, 2.75) is 17.7 Å². The largest absolute Gasteiger partial charge is 0.497 e. The second kappa shape index (κ2) is 10.6. The van der Waals surface area contributed by atoms with Crippen molar-refractivity contribution < 1.29 is 27.1 Å². The van der Waals surface area contributed by atoms with Crippen LogP contribution in [0.2, 0.25) is 0 Å². The fourth-order valence-corrected chi connectivity index (χ4v) is 4.80. The number of hydrogen-bond acceptors (Lipinski definition) is 5. The predicted octanol–water partition coefficient (Wildman–Crippen LogP) is 1.88. The molecule has 3 rings (SSSR count). The molecule has 0 atom stereocenters. The fraction of sp³-hybridized carbons (Fsp3) is 0.364. The summed E-state index contributed by atoms with van der Waals surface area (Å²) in [7, 11) is -2.11. The van der Waals surface area contributed by atoms with Gasteiger partial charge >= 0.3 is 0 Å². The lowest BCUT2D eigenvalue weighted by molar-refractivity contribution is -0.132. The Morgan fingerprint density at radius 2 is 1.62 bits per heavy atom. The molecule has 1 aliphatic heterocycles. The molecule has 2 aromatic carbocycles. The standard InChI is InChI=1S/C22H26FN3O5S/c1-31-19-8-10-20(11-9-19)32(29,30)26-15-13-25(14-16-26)21(27)3-2-12-24-22(28)17-4-6-18(23)7-5-17/h4-11H,2-3,12-16H2,1H3,(H,24,28). The molecule has 0 saturated carbocycles. The first-order valence-electron chi connectivity index (χ1n) is 10.3. The second-order valence-electron chi connectivity index (χ2n) is 7.33. The third-order valence-corrected chi connectivity index (χ3v) is 7.16. The fourth-order valence-electron chi connectivity index (χ4n) is 3.38. The van der Waals surface area contributed by atoms with Crippen LogP contribution in [0.1, 0.15) is 23.2 Å². The summed E-state index contributed by atoms with van der Waals surface area (Å²) in [5.41, 5.74) is 0.354. The van der Waals surface area contributed by atoms with E-state index in [2.05, 4.69) is 5.32 Å². The van der Waals surface area contributed by atoms with E-state index in [0.717, 1.165) is 0 Å². The van der Waals surface area contributed by atoms with Gasteiger partial charge in [0.05, 0.1) is 12.0 Å². The van der Waals surface area contributed by atoms with E-state index in [1.54, 1.807) is 17.0 Å². The van der Waals surface area contributed by atoms with E-state index < -0.39 is 15.8 Å². The van der Waals surface area contributed by atoms with E-state index in [9.17, 15) is 22.4 Å². The van der Waals surface area contributed by atoms with Crippen LogP contribution in [0.25, 0.3) is 0 Å². The molecule has 8 nitrogen and oxygen atoms in total. The molecule has 1 saturated heterocycles. The molecular weight excluding hydrogens is 437 g/mol. The molecule has 0 spiro atoms. The summed E-state index contributed by atoms with van der Waals surface area (Å²) < 4.78 is 44.9. The molecule has 10 heteroatoms. The number of carbonyl (C=O) groups excluding carboxylic acids is 2. The molecule has 32 heavy (non-hydrogen) atoms. The predicted molar refractivity (Wildman–Crippen MR) is 116 cm³/mol. The van der Waals surface area contributed by atoms with Gasteiger partial charge in [0.25, 0.3) is 5.91 Å². The highest BCUT2D eigenvalue weighted by molar-refractivity contribution is 7.89. The zero-order chi connectivity index (χ0) is 23.1. The molecule has 0 radical (unpaired) electrons. The summed E-state index contributed by atoms with van der Waals surface area (Å²) in [5.74, 6) is -0.241. The van der Waals surface area contributed by atoms with Gasteiger partial charge in [0.2, 0.25) is 15.9 Å². The van der Waals surface area contributed by atoms with Crippen LogP contribution in [0.15, 0.2) is 53.4 Å². The second-order valence-corrected chi connectivity index (χ2v) is 9.26. The van der Waals surface area contributed by atoms with Gasteiger partial charge in [-0.2, -0.15) is 4.31 Å². The normalized spacial score (nSPS) is 14.8. The number of sulfonamides is 1. The number of carbonyl (C=O) groups is 2. The van der Waals surface area contributed by atoms with Gasteiger partial charge in [-0.1, -0.05) is 0 Å². The monoisotopic (exact) mass is 463 g/mol. The smallest absolute Gasteiger partial charge is 0.251 e. The van der Waals surface area contributed by atoms with E-state index >= 15 is 0 Å². The van der Waals surface area contributed by atoms with Crippen molar-refractivity contribution in [2.75, 3.05) is 39.8 Å². The van der Waals surface area contributed by atoms with E-state index in [1.165, 1.54) is 47.8 Å². The number of benzene rings is 2. The molecular formula is C22H26FN3O5S. The highest BCUT2D eigenvalue weighted by Crippen LogP contribution is 2.21. The van der Waals surface area contributed by atoms with Crippen LogP contribution in [-0.4, -0.2) is 69.3 Å². The van der Waals surface area contributed by atoms with Gasteiger partial charge in [-0.3, -0.25) is 9.59 Å². The maximum Gasteiger partial charge on any atom is 0.251 e. The van der Waals surface area contributed by atoms with Crippen LogP contribution < -0.4 is 10.1 Å². The number of piperazine rings is 1. The van der Waals surface area contributed by atoms with Gasteiger partial charge in [-0.15, -0.1) is 0 Å². The summed E-state index contributed by atoms with van der Waals surface area (Å²) in [6.07, 6.45) is 0.699. The molecule has 2 amide bonds. The first-order valence-corrected chi connectivity index (χ1v) is 11.7. The molecule has 1 aliphatic rings. The third-order valence-electron chi connectivity index (χ3n) is 5.25. The van der Waals surface area contributed by atoms with E-state index in [4.69, 9.17) is 4.74 Å². The minimum absolute atomic E-state index is 0.0810. The van der Waals surface area contributed by atoms with Crippen molar-refractivity contribution in [3.63, 3.8) is 0 Å². The maximum absolute atomic E-state index is 12.9. The topological polar surface area (TPSA) is 96.0 Å². The summed E-state index contributed by atoms with van der Waals surface area (Å²) in [5, 5.41) is 2.70. The lowest BCUT2D eigenvalue weighted by Gasteiger charge is -2.34. The molecule has 2 aromatic rings. The maximum atomic E-state index is 12.9. The van der Waals surface area contributed by atoms with E-state index in [-0.39, 0.29) is 36.2 Å². The Hall–Kier alpha value is -2.98. The molecule has 1 N–H and O–H groups in total. The van der Waals surface area contributed by atoms with Gasteiger partial charge in [-0.05, 0) is 55.0 Å². The number of nitrogens with one attached hydrogen (secondary N) is 1. The van der Waals surface area contributed by atoms with Crippen molar-refractivity contribution >= 4 is 21.8 Å². The Morgan fingerprint density at radius 1 is 1.00 bits per heavy atom. The van der Waals surface area contributed by atoms with Gasteiger partial charge in [0, 0.05) is 44.7 Å². The van der Waals surface area contributed by atoms with E-state index in [1.807, 2.05) is 0 Å². The number of amides is 2. The van der Waals surface area contributed by atoms with Crippen molar-refractivity contribution in [3.05, 3.63) is 59.9 Å². The zero-order valence-electron chi connectivity index (χ0n) is 17.8. The van der Waals surface area contributed by atoms with Crippen LogP contribution in [0, 0.1) is 5.82 Å². The number of hydrogen-bond donors (Lipinski definition) is 1. The highest BCUT2D eigenvalue weighted by Gasteiger charge is 2.29. The quantitative estimate of drug-likeness (QED) is 0.603. The van der Waals surface area contributed by atoms with Crippen molar-refractivity contribution in [1.82, 2.24) is 14.5 Å². The van der Waals surface area contributed by atoms with E-state index in [0.29, 0.717) is 37.4 Å². The molecule has 172 valence electrons. The number of rotatable bonds is 8. The summed E-state index contributed by atoms with van der Waals surface area (Å²) in [4.78, 5) is 26.3. The van der Waals surface area contributed by atoms with Gasteiger partial charge in [0.15, 0.2) is 0 Å². The lowest BCUT2D eigenvalue weighted by Crippen LogP contribution is -2.50. The molecule has 0 unspecified atom stereocenters. The average Bonchev–Trinajstić information content (AvgIpc) is 2.82. The Morgan fingerprint density at radius 3 is 2.22 bits per heavy atom. The summed E-state index contributed by atoms with van der Waals surface area (Å²) in [6.45, 7) is 1.39. The molecule has 0 aliphatic carbocycles. The molecule has 1 heterocycles. The Labute approximate surface area is 187 Å².